The molecule has 1 unspecified atom stereocenters. The molecule has 0 aliphatic carbocycles. The van der Waals surface area contributed by atoms with Crippen LogP contribution >= 0.6 is 23.4 Å². The van der Waals surface area contributed by atoms with E-state index in [0.717, 1.165) is 23.6 Å². The zero-order valence-electron chi connectivity index (χ0n) is 11.4. The van der Waals surface area contributed by atoms with Gasteiger partial charge in [-0.2, -0.15) is 11.8 Å². The first-order valence-electron chi connectivity index (χ1n) is 6.34. The van der Waals surface area contributed by atoms with Crippen LogP contribution in [0.2, 0.25) is 5.02 Å². The van der Waals surface area contributed by atoms with Crippen LogP contribution in [-0.4, -0.2) is 31.6 Å². The van der Waals surface area contributed by atoms with Gasteiger partial charge in [-0.05, 0) is 43.3 Å². The van der Waals surface area contributed by atoms with Crippen LogP contribution in [0.4, 0.5) is 5.69 Å². The fourth-order valence-electron chi connectivity index (χ4n) is 2.12. The molecule has 0 aromatic heterocycles. The van der Waals surface area contributed by atoms with Gasteiger partial charge in [-0.15, -0.1) is 0 Å². The predicted molar refractivity (Wildman–Crippen MR) is 85.1 cm³/mol. The summed E-state index contributed by atoms with van der Waals surface area (Å²) in [5.41, 5.74) is 8.18. The normalized spacial score (nSPS) is 12.5. The van der Waals surface area contributed by atoms with E-state index in [1.807, 2.05) is 17.8 Å². The molecule has 1 aromatic rings. The van der Waals surface area contributed by atoms with Crippen molar-refractivity contribution < 1.29 is 0 Å². The number of hydrogen-bond acceptors (Lipinski definition) is 3. The number of nitrogens with two attached hydrogens (primary N) is 1. The summed E-state index contributed by atoms with van der Waals surface area (Å²) in [6.07, 6.45) is 4.17. The summed E-state index contributed by atoms with van der Waals surface area (Å²) in [6, 6.07) is 6.62. The van der Waals surface area contributed by atoms with Gasteiger partial charge in [-0.25, -0.2) is 0 Å². The van der Waals surface area contributed by atoms with Crippen LogP contribution in [0.15, 0.2) is 18.2 Å². The van der Waals surface area contributed by atoms with Crippen LogP contribution < -0.4 is 10.6 Å². The second-order valence-electron chi connectivity index (χ2n) is 4.44. The Morgan fingerprint density at radius 3 is 2.72 bits per heavy atom. The smallest absolute Gasteiger partial charge is 0.0426 e. The SMILES string of the molecule is CCC(CSC)N(C)c1cc(Cl)ccc1CCN. The van der Waals surface area contributed by atoms with E-state index in [1.54, 1.807) is 0 Å². The molecule has 102 valence electrons. The topological polar surface area (TPSA) is 29.3 Å². The maximum absolute atomic E-state index is 6.12. The summed E-state index contributed by atoms with van der Waals surface area (Å²) in [5.74, 6) is 1.13. The van der Waals surface area contributed by atoms with E-state index in [2.05, 4.69) is 37.3 Å². The number of anilines is 1. The lowest BCUT2D eigenvalue weighted by Crippen LogP contribution is -2.34. The summed E-state index contributed by atoms with van der Waals surface area (Å²) in [4.78, 5) is 2.34. The number of nitrogens with zero attached hydrogens (tertiary/aromatic N) is 1. The lowest BCUT2D eigenvalue weighted by Gasteiger charge is -2.31. The summed E-state index contributed by atoms with van der Waals surface area (Å²) in [6.45, 7) is 2.90. The van der Waals surface area contributed by atoms with Gasteiger partial charge in [-0.3, -0.25) is 0 Å². The average molecular weight is 287 g/mol. The molecule has 4 heteroatoms. The van der Waals surface area contributed by atoms with Gasteiger partial charge in [0.1, 0.15) is 0 Å². The highest BCUT2D eigenvalue weighted by Crippen LogP contribution is 2.27. The minimum Gasteiger partial charge on any atom is -0.371 e. The van der Waals surface area contributed by atoms with E-state index < -0.39 is 0 Å². The van der Waals surface area contributed by atoms with Crippen LogP contribution in [-0.2, 0) is 6.42 Å². The van der Waals surface area contributed by atoms with Crippen molar-refractivity contribution in [2.75, 3.05) is 30.5 Å². The highest BCUT2D eigenvalue weighted by Gasteiger charge is 2.15. The Morgan fingerprint density at radius 1 is 1.44 bits per heavy atom. The predicted octanol–water partition coefficient (Wildman–Crippen LogP) is 3.42. The van der Waals surface area contributed by atoms with Crippen molar-refractivity contribution in [3.63, 3.8) is 0 Å². The molecule has 1 rings (SSSR count). The number of thioether (sulfide) groups is 1. The number of rotatable bonds is 7. The third-order valence-corrected chi connectivity index (χ3v) is 4.17. The molecule has 0 bridgehead atoms. The number of halogens is 1. The molecule has 18 heavy (non-hydrogen) atoms. The molecule has 0 aliphatic rings. The van der Waals surface area contributed by atoms with Gasteiger partial charge < -0.3 is 10.6 Å². The van der Waals surface area contributed by atoms with Gasteiger partial charge in [0.25, 0.3) is 0 Å². The van der Waals surface area contributed by atoms with E-state index in [1.165, 1.54) is 11.3 Å². The van der Waals surface area contributed by atoms with Crippen LogP contribution in [0.5, 0.6) is 0 Å². The summed E-state index contributed by atoms with van der Waals surface area (Å²) >= 11 is 8.00. The van der Waals surface area contributed by atoms with Crippen LogP contribution in [0.3, 0.4) is 0 Å². The fourth-order valence-corrected chi connectivity index (χ4v) is 3.14. The molecule has 2 nitrogen and oxygen atoms in total. The van der Waals surface area contributed by atoms with Gasteiger partial charge in [0.05, 0.1) is 0 Å². The number of hydrogen-bond donors (Lipinski definition) is 1. The molecule has 0 aliphatic heterocycles. The van der Waals surface area contributed by atoms with Crippen molar-refractivity contribution in [1.82, 2.24) is 0 Å². The molecule has 2 N–H and O–H groups in total. The minimum atomic E-state index is 0.537. The molecule has 0 amide bonds. The molecular weight excluding hydrogens is 264 g/mol. The van der Waals surface area contributed by atoms with E-state index in [-0.39, 0.29) is 0 Å². The minimum absolute atomic E-state index is 0.537. The molecule has 0 spiro atoms. The molecule has 0 saturated carbocycles. The standard InChI is InChI=1S/C14H23ClN2S/c1-4-13(10-18-3)17(2)14-9-12(15)6-5-11(14)7-8-16/h5-6,9,13H,4,7-8,10,16H2,1-3H3. The second kappa shape index (κ2) is 7.93. The van der Waals surface area contributed by atoms with E-state index in [4.69, 9.17) is 17.3 Å². The molecular formula is C14H23ClN2S. The van der Waals surface area contributed by atoms with Crippen LogP contribution in [0, 0.1) is 0 Å². The molecule has 1 atom stereocenters. The lowest BCUT2D eigenvalue weighted by molar-refractivity contribution is 0.670. The summed E-state index contributed by atoms with van der Waals surface area (Å²) in [5, 5.41) is 0.789. The van der Waals surface area contributed by atoms with Crippen molar-refractivity contribution >= 4 is 29.1 Å². The van der Waals surface area contributed by atoms with Crippen molar-refractivity contribution in [3.05, 3.63) is 28.8 Å². The first-order valence-corrected chi connectivity index (χ1v) is 8.11. The lowest BCUT2D eigenvalue weighted by atomic mass is 10.1. The molecule has 0 heterocycles. The van der Waals surface area contributed by atoms with Crippen molar-refractivity contribution in [2.24, 2.45) is 5.73 Å². The Balaban J connectivity index is 3.00. The maximum Gasteiger partial charge on any atom is 0.0426 e. The average Bonchev–Trinajstić information content (AvgIpc) is 2.37. The first-order chi connectivity index (χ1) is 8.63. The molecule has 1 aromatic carbocycles. The highest BCUT2D eigenvalue weighted by atomic mass is 35.5. The summed E-state index contributed by atoms with van der Waals surface area (Å²) < 4.78 is 0. The zero-order valence-corrected chi connectivity index (χ0v) is 13.0. The van der Waals surface area contributed by atoms with Gasteiger partial charge in [-0.1, -0.05) is 24.6 Å². The zero-order chi connectivity index (χ0) is 13.5. The van der Waals surface area contributed by atoms with Gasteiger partial charge in [0.15, 0.2) is 0 Å². The first kappa shape index (κ1) is 15.7. The Kier molecular flexibility index (Phi) is 6.90. The Morgan fingerprint density at radius 2 is 2.17 bits per heavy atom. The molecule has 0 radical (unpaired) electrons. The largest absolute Gasteiger partial charge is 0.371 e. The highest BCUT2D eigenvalue weighted by molar-refractivity contribution is 7.98. The van der Waals surface area contributed by atoms with Crippen molar-refractivity contribution in [1.29, 1.82) is 0 Å². The van der Waals surface area contributed by atoms with Gasteiger partial charge in [0, 0.05) is 29.6 Å². The van der Waals surface area contributed by atoms with Crippen molar-refractivity contribution in [2.45, 2.75) is 25.8 Å². The van der Waals surface area contributed by atoms with E-state index >= 15 is 0 Å². The Bertz CT molecular complexity index is 371. The monoisotopic (exact) mass is 286 g/mol. The fraction of sp³-hybridized carbons (Fsp3) is 0.571. The number of benzene rings is 1. The van der Waals surface area contributed by atoms with Gasteiger partial charge >= 0.3 is 0 Å². The van der Waals surface area contributed by atoms with Crippen molar-refractivity contribution in [3.8, 4) is 0 Å². The Hall–Kier alpha value is -0.380. The van der Waals surface area contributed by atoms with E-state index in [9.17, 15) is 0 Å². The maximum atomic E-state index is 6.12. The third-order valence-electron chi connectivity index (χ3n) is 3.22. The van der Waals surface area contributed by atoms with Crippen LogP contribution in [0.1, 0.15) is 18.9 Å². The Labute approximate surface area is 120 Å². The second-order valence-corrected chi connectivity index (χ2v) is 5.79. The third kappa shape index (κ3) is 4.08. The van der Waals surface area contributed by atoms with Crippen LogP contribution in [0.25, 0.3) is 0 Å². The summed E-state index contributed by atoms with van der Waals surface area (Å²) in [7, 11) is 2.15. The quantitative estimate of drug-likeness (QED) is 0.833. The van der Waals surface area contributed by atoms with E-state index in [0.29, 0.717) is 12.6 Å². The molecule has 0 fully saturated rings. The van der Waals surface area contributed by atoms with Gasteiger partial charge in [0.2, 0.25) is 0 Å². The molecule has 0 saturated heterocycles.